The number of carbonyl (C=O) groups is 1. The zero-order valence-electron chi connectivity index (χ0n) is 16.9. The number of ether oxygens (including phenoxy) is 2. The number of benzene rings is 2. The maximum atomic E-state index is 12.0. The van der Waals surface area contributed by atoms with Crippen molar-refractivity contribution in [2.24, 2.45) is 0 Å². The molecule has 3 aromatic rings. The molecule has 1 aliphatic heterocycles. The lowest BCUT2D eigenvalue weighted by Crippen LogP contribution is -2.34. The lowest BCUT2D eigenvalue weighted by atomic mass is 10.1. The van der Waals surface area contributed by atoms with Crippen molar-refractivity contribution in [3.05, 3.63) is 66.5 Å². The molecule has 4 rings (SSSR count). The molecule has 2 heterocycles. The van der Waals surface area contributed by atoms with E-state index in [0.717, 1.165) is 23.5 Å². The smallest absolute Gasteiger partial charge is 0.417 e. The fourth-order valence-corrected chi connectivity index (χ4v) is 3.21. The van der Waals surface area contributed by atoms with Crippen molar-refractivity contribution in [3.63, 3.8) is 0 Å². The van der Waals surface area contributed by atoms with Crippen LogP contribution in [0.25, 0.3) is 0 Å². The number of nitrogens with one attached hydrogen (secondary N) is 1. The van der Waals surface area contributed by atoms with Crippen LogP contribution in [0, 0.1) is 0 Å². The Morgan fingerprint density at radius 1 is 1.13 bits per heavy atom. The lowest BCUT2D eigenvalue weighted by molar-refractivity contribution is 0.178. The van der Waals surface area contributed by atoms with Gasteiger partial charge in [0.15, 0.2) is 0 Å². The Labute approximate surface area is 174 Å². The topological polar surface area (TPSA) is 89.5 Å². The first-order valence-electron chi connectivity index (χ1n) is 9.88. The predicted molar refractivity (Wildman–Crippen MR) is 113 cm³/mol. The van der Waals surface area contributed by atoms with Crippen molar-refractivity contribution in [2.45, 2.75) is 32.4 Å². The largest absolute Gasteiger partial charge is 0.457 e. The van der Waals surface area contributed by atoms with Crippen LogP contribution in [0.4, 0.5) is 16.7 Å². The minimum atomic E-state index is -0.430. The zero-order chi connectivity index (χ0) is 20.9. The van der Waals surface area contributed by atoms with Gasteiger partial charge in [-0.2, -0.15) is 4.98 Å². The second-order valence-corrected chi connectivity index (χ2v) is 6.97. The summed E-state index contributed by atoms with van der Waals surface area (Å²) in [6, 6.07) is 17.3. The molecule has 0 radical (unpaired) electrons. The van der Waals surface area contributed by atoms with Crippen molar-refractivity contribution in [2.75, 3.05) is 16.8 Å². The van der Waals surface area contributed by atoms with E-state index in [9.17, 15) is 4.79 Å². The van der Waals surface area contributed by atoms with Crippen molar-refractivity contribution in [1.29, 1.82) is 0 Å². The van der Waals surface area contributed by atoms with Crippen molar-refractivity contribution >= 4 is 18.0 Å². The number of amides is 1. The van der Waals surface area contributed by atoms with Crippen LogP contribution in [0.15, 0.2) is 60.9 Å². The summed E-state index contributed by atoms with van der Waals surface area (Å²) in [5.74, 6) is 2.24. The minimum Gasteiger partial charge on any atom is -0.457 e. The second-order valence-electron chi connectivity index (χ2n) is 6.97. The van der Waals surface area contributed by atoms with Crippen LogP contribution in [0.1, 0.15) is 31.9 Å². The van der Waals surface area contributed by atoms with Gasteiger partial charge in [-0.05, 0) is 43.2 Å². The van der Waals surface area contributed by atoms with Gasteiger partial charge in [0, 0.05) is 0 Å². The van der Waals surface area contributed by atoms with E-state index in [0.29, 0.717) is 18.5 Å². The van der Waals surface area contributed by atoms with Gasteiger partial charge < -0.3 is 14.8 Å². The van der Waals surface area contributed by atoms with Crippen LogP contribution in [-0.2, 0) is 4.74 Å². The van der Waals surface area contributed by atoms with Gasteiger partial charge in [0.05, 0.1) is 12.1 Å². The highest BCUT2D eigenvalue weighted by Crippen LogP contribution is 2.25. The number of para-hydroxylation sites is 1. The molecule has 0 bridgehead atoms. The first-order valence-corrected chi connectivity index (χ1v) is 9.88. The molecular formula is C22H23N5O3. The zero-order valence-corrected chi connectivity index (χ0v) is 16.9. The number of cyclic esters (lactones) is 1. The van der Waals surface area contributed by atoms with E-state index in [2.05, 4.69) is 20.3 Å². The Hall–Kier alpha value is -3.68. The Balaban J connectivity index is 1.44. The molecule has 1 aliphatic rings. The number of anilines is 2. The van der Waals surface area contributed by atoms with Gasteiger partial charge in [-0.3, -0.25) is 0 Å². The summed E-state index contributed by atoms with van der Waals surface area (Å²) in [4.78, 5) is 26.3. The molecule has 2 atom stereocenters. The summed E-state index contributed by atoms with van der Waals surface area (Å²) in [6.07, 6.45) is 1.72. The van der Waals surface area contributed by atoms with Crippen LogP contribution in [0.3, 0.4) is 0 Å². The van der Waals surface area contributed by atoms with E-state index in [1.807, 2.05) is 68.4 Å². The van der Waals surface area contributed by atoms with Gasteiger partial charge in [-0.15, -0.1) is 0 Å². The van der Waals surface area contributed by atoms with Gasteiger partial charge in [0.25, 0.3) is 0 Å². The summed E-state index contributed by atoms with van der Waals surface area (Å²) >= 11 is 0. The molecule has 8 nitrogen and oxygen atoms in total. The maximum Gasteiger partial charge on any atom is 0.417 e. The Kier molecular flexibility index (Phi) is 5.74. The third kappa shape index (κ3) is 4.32. The van der Waals surface area contributed by atoms with E-state index in [-0.39, 0.29) is 12.1 Å². The Morgan fingerprint density at radius 2 is 1.87 bits per heavy atom. The monoisotopic (exact) mass is 405 g/mol. The number of hydrogen-bond donors (Lipinski definition) is 1. The second kappa shape index (κ2) is 8.77. The van der Waals surface area contributed by atoms with Crippen LogP contribution >= 0.6 is 0 Å². The molecule has 8 heteroatoms. The molecule has 1 saturated heterocycles. The molecule has 0 spiro atoms. The van der Waals surface area contributed by atoms with Crippen molar-refractivity contribution in [3.8, 4) is 11.5 Å². The van der Waals surface area contributed by atoms with Gasteiger partial charge in [0.2, 0.25) is 11.9 Å². The molecule has 0 aliphatic carbocycles. The molecule has 0 unspecified atom stereocenters. The van der Waals surface area contributed by atoms with Crippen molar-refractivity contribution < 1.29 is 14.3 Å². The van der Waals surface area contributed by atoms with Crippen LogP contribution in [0.5, 0.6) is 11.5 Å². The summed E-state index contributed by atoms with van der Waals surface area (Å²) in [7, 11) is 0. The van der Waals surface area contributed by atoms with E-state index < -0.39 is 6.09 Å². The summed E-state index contributed by atoms with van der Waals surface area (Å²) in [6.45, 7) is 4.35. The van der Waals surface area contributed by atoms with E-state index in [1.165, 1.54) is 11.2 Å². The van der Waals surface area contributed by atoms with E-state index in [1.54, 1.807) is 0 Å². The van der Waals surface area contributed by atoms with Crippen LogP contribution in [-0.4, -0.2) is 33.7 Å². The van der Waals surface area contributed by atoms with E-state index in [4.69, 9.17) is 9.47 Å². The standard InChI is InChI=1S/C22H23N5O3/c1-3-17-13-29-22(28)27(17)21-24-14-23-20(26-21)25-15(2)16-9-11-19(12-10-16)30-18-7-5-4-6-8-18/h4-12,14-15,17H,3,13H2,1-2H3,(H,23,24,25,26)/t15-,17-/m0/s1. The van der Waals surface area contributed by atoms with E-state index >= 15 is 0 Å². The fraction of sp³-hybridized carbons (Fsp3) is 0.273. The first kappa shape index (κ1) is 19.6. The summed E-state index contributed by atoms with van der Waals surface area (Å²) in [5.41, 5.74) is 1.05. The highest BCUT2D eigenvalue weighted by Gasteiger charge is 2.35. The van der Waals surface area contributed by atoms with Crippen LogP contribution < -0.4 is 15.0 Å². The van der Waals surface area contributed by atoms with Crippen LogP contribution in [0.2, 0.25) is 0 Å². The molecule has 1 aromatic heterocycles. The molecule has 1 N–H and O–H groups in total. The highest BCUT2D eigenvalue weighted by molar-refractivity contribution is 5.88. The van der Waals surface area contributed by atoms with Gasteiger partial charge in [-0.25, -0.2) is 19.7 Å². The molecule has 0 saturated carbocycles. The van der Waals surface area contributed by atoms with Gasteiger partial charge in [0.1, 0.15) is 24.4 Å². The highest BCUT2D eigenvalue weighted by atomic mass is 16.6. The minimum absolute atomic E-state index is 0.0569. The Morgan fingerprint density at radius 3 is 2.60 bits per heavy atom. The molecular weight excluding hydrogens is 382 g/mol. The third-order valence-corrected chi connectivity index (χ3v) is 4.91. The quantitative estimate of drug-likeness (QED) is 0.616. The number of nitrogens with zero attached hydrogens (tertiary/aromatic N) is 4. The average Bonchev–Trinajstić information content (AvgIpc) is 3.15. The molecule has 2 aromatic carbocycles. The lowest BCUT2D eigenvalue weighted by Gasteiger charge is -2.19. The summed E-state index contributed by atoms with van der Waals surface area (Å²) < 4.78 is 11.0. The number of aromatic nitrogens is 3. The maximum absolute atomic E-state index is 12.0. The normalized spacial score (nSPS) is 16.8. The molecule has 154 valence electrons. The van der Waals surface area contributed by atoms with Crippen molar-refractivity contribution in [1.82, 2.24) is 15.0 Å². The number of rotatable bonds is 7. The molecule has 30 heavy (non-hydrogen) atoms. The first-order chi connectivity index (χ1) is 14.6. The Bertz CT molecular complexity index is 997. The number of carbonyl (C=O) groups excluding carboxylic acids is 1. The number of hydrogen-bond acceptors (Lipinski definition) is 7. The fourth-order valence-electron chi connectivity index (χ4n) is 3.21. The van der Waals surface area contributed by atoms with Gasteiger partial charge in [-0.1, -0.05) is 37.3 Å². The SMILES string of the molecule is CC[C@H]1COC(=O)N1c1ncnc(N[C@@H](C)c2ccc(Oc3ccccc3)cc2)n1. The summed E-state index contributed by atoms with van der Waals surface area (Å²) in [5, 5.41) is 3.26. The average molecular weight is 405 g/mol. The molecule has 1 amide bonds. The predicted octanol–water partition coefficient (Wildman–Crippen LogP) is 4.57. The molecule has 1 fully saturated rings. The van der Waals surface area contributed by atoms with Gasteiger partial charge >= 0.3 is 6.09 Å². The third-order valence-electron chi connectivity index (χ3n) is 4.91.